The lowest BCUT2D eigenvalue weighted by atomic mass is 9.87. The van der Waals surface area contributed by atoms with Crippen LogP contribution < -0.4 is 5.73 Å². The van der Waals surface area contributed by atoms with Gasteiger partial charge in [0.15, 0.2) is 0 Å². The van der Waals surface area contributed by atoms with Crippen LogP contribution in [-0.2, 0) is 6.42 Å². The van der Waals surface area contributed by atoms with Crippen LogP contribution in [0.1, 0.15) is 55.5 Å². The third kappa shape index (κ3) is 2.15. The molecule has 0 aromatic carbocycles. The van der Waals surface area contributed by atoms with Crippen molar-refractivity contribution in [2.45, 2.75) is 46.0 Å². The molecule has 0 saturated carbocycles. The number of nitrogens with zero attached hydrogens (tertiary/aromatic N) is 1. The maximum Gasteiger partial charge on any atom is 0.104 e. The van der Waals surface area contributed by atoms with Crippen molar-refractivity contribution < 1.29 is 0 Å². The van der Waals surface area contributed by atoms with Crippen molar-refractivity contribution in [3.8, 4) is 6.07 Å². The normalized spacial score (nSPS) is 18.4. The summed E-state index contributed by atoms with van der Waals surface area (Å²) >= 11 is 1.60. The number of hydrogen-bond acceptors (Lipinski definition) is 3. The van der Waals surface area contributed by atoms with Crippen molar-refractivity contribution in [3.63, 3.8) is 0 Å². The van der Waals surface area contributed by atoms with Crippen LogP contribution in [0.4, 0.5) is 5.00 Å². The summed E-state index contributed by atoms with van der Waals surface area (Å²) in [4.78, 5) is 1.34. The number of nitrogens with two attached hydrogens (primary N) is 1. The Bertz CT molecular complexity index is 374. The monoisotopic (exact) mass is 222 g/mol. The number of nitrogen functional groups attached to an aromatic ring is 1. The molecular formula is C12H18N2S. The fourth-order valence-corrected chi connectivity index (χ4v) is 3.23. The summed E-state index contributed by atoms with van der Waals surface area (Å²) in [5.41, 5.74) is 7.77. The van der Waals surface area contributed by atoms with Gasteiger partial charge in [-0.2, -0.15) is 5.26 Å². The second-order valence-electron chi connectivity index (χ2n) is 3.58. The van der Waals surface area contributed by atoms with E-state index in [4.69, 9.17) is 11.0 Å². The van der Waals surface area contributed by atoms with Crippen molar-refractivity contribution >= 4 is 16.3 Å². The Hall–Kier alpha value is -1.01. The van der Waals surface area contributed by atoms with Crippen LogP contribution in [0.5, 0.6) is 0 Å². The van der Waals surface area contributed by atoms with Crippen molar-refractivity contribution in [3.05, 3.63) is 16.0 Å². The van der Waals surface area contributed by atoms with Gasteiger partial charge in [-0.3, -0.25) is 0 Å². The van der Waals surface area contributed by atoms with Gasteiger partial charge in [0, 0.05) is 4.88 Å². The number of anilines is 1. The smallest absolute Gasteiger partial charge is 0.104 e. The minimum atomic E-state index is 0.520. The lowest BCUT2D eigenvalue weighted by Crippen LogP contribution is -2.05. The van der Waals surface area contributed by atoms with E-state index in [0.717, 1.165) is 12.0 Å². The van der Waals surface area contributed by atoms with Gasteiger partial charge < -0.3 is 5.73 Å². The lowest BCUT2D eigenvalue weighted by molar-refractivity contribution is 0.597. The van der Waals surface area contributed by atoms with E-state index in [1.54, 1.807) is 11.3 Å². The second kappa shape index (κ2) is 5.18. The zero-order chi connectivity index (χ0) is 11.4. The summed E-state index contributed by atoms with van der Waals surface area (Å²) in [6.45, 7) is 6.19. The van der Waals surface area contributed by atoms with Gasteiger partial charge in [-0.25, -0.2) is 0 Å². The minimum absolute atomic E-state index is 0.520. The van der Waals surface area contributed by atoms with Gasteiger partial charge in [0.1, 0.15) is 11.1 Å². The Morgan fingerprint density at radius 1 is 1.47 bits per heavy atom. The summed E-state index contributed by atoms with van der Waals surface area (Å²) in [5, 5.41) is 9.67. The third-order valence-corrected chi connectivity index (χ3v) is 3.79. The van der Waals surface area contributed by atoms with Crippen molar-refractivity contribution in [1.29, 1.82) is 5.26 Å². The van der Waals surface area contributed by atoms with Crippen LogP contribution in [0, 0.1) is 11.3 Å². The standard InChI is InChI=1S/C10H12N2S.C2H6/c1-6-3-2-4-8-9(6)7(5-11)10(12)13-8;1-2/h6H,2-4,12H2,1H3;1-2H3. The van der Waals surface area contributed by atoms with Gasteiger partial charge in [0.2, 0.25) is 0 Å². The molecule has 0 spiro atoms. The van der Waals surface area contributed by atoms with E-state index < -0.39 is 0 Å². The highest BCUT2D eigenvalue weighted by Gasteiger charge is 2.24. The first-order chi connectivity index (χ1) is 7.24. The van der Waals surface area contributed by atoms with E-state index in [0.29, 0.717) is 10.9 Å². The van der Waals surface area contributed by atoms with Crippen LogP contribution in [0.15, 0.2) is 0 Å². The van der Waals surface area contributed by atoms with Crippen molar-refractivity contribution in [1.82, 2.24) is 0 Å². The van der Waals surface area contributed by atoms with Crippen LogP contribution in [-0.4, -0.2) is 0 Å². The number of nitriles is 1. The molecule has 15 heavy (non-hydrogen) atoms. The minimum Gasteiger partial charge on any atom is -0.389 e. The molecule has 0 fully saturated rings. The van der Waals surface area contributed by atoms with Gasteiger partial charge >= 0.3 is 0 Å². The molecule has 0 amide bonds. The van der Waals surface area contributed by atoms with Gasteiger partial charge in [-0.15, -0.1) is 11.3 Å². The molecule has 1 aliphatic carbocycles. The van der Waals surface area contributed by atoms with E-state index in [2.05, 4.69) is 13.0 Å². The number of thiophene rings is 1. The Kier molecular flexibility index (Phi) is 4.16. The Balaban J connectivity index is 0.000000531. The van der Waals surface area contributed by atoms with Gasteiger partial charge in [-0.05, 0) is 30.7 Å². The number of hydrogen-bond donors (Lipinski definition) is 1. The van der Waals surface area contributed by atoms with Crippen LogP contribution in [0.2, 0.25) is 0 Å². The highest BCUT2D eigenvalue weighted by molar-refractivity contribution is 7.16. The zero-order valence-electron chi connectivity index (χ0n) is 9.63. The van der Waals surface area contributed by atoms with E-state index in [9.17, 15) is 0 Å². The molecule has 3 heteroatoms. The summed E-state index contributed by atoms with van der Waals surface area (Å²) < 4.78 is 0. The highest BCUT2D eigenvalue weighted by atomic mass is 32.1. The fraction of sp³-hybridized carbons (Fsp3) is 0.583. The predicted octanol–water partition coefficient (Wildman–Crippen LogP) is 3.67. The van der Waals surface area contributed by atoms with Gasteiger partial charge in [0.25, 0.3) is 0 Å². The first kappa shape index (κ1) is 12.1. The molecule has 82 valence electrons. The number of rotatable bonds is 0. The molecule has 1 aromatic heterocycles. The average Bonchev–Trinajstić information content (AvgIpc) is 2.58. The molecule has 0 radical (unpaired) electrons. The third-order valence-electron chi connectivity index (χ3n) is 2.69. The molecule has 2 N–H and O–H groups in total. The van der Waals surface area contributed by atoms with Crippen LogP contribution >= 0.6 is 11.3 Å². The first-order valence-corrected chi connectivity index (χ1v) is 6.36. The van der Waals surface area contributed by atoms with E-state index in [1.807, 2.05) is 13.8 Å². The quantitative estimate of drug-likeness (QED) is 0.728. The zero-order valence-corrected chi connectivity index (χ0v) is 10.4. The number of fused-ring (bicyclic) bond motifs is 1. The fourth-order valence-electron chi connectivity index (χ4n) is 2.05. The topological polar surface area (TPSA) is 49.8 Å². The summed E-state index contributed by atoms with van der Waals surface area (Å²) in [6.07, 6.45) is 3.53. The predicted molar refractivity (Wildman–Crippen MR) is 66.1 cm³/mol. The first-order valence-electron chi connectivity index (χ1n) is 5.55. The van der Waals surface area contributed by atoms with Gasteiger partial charge in [0.05, 0.1) is 5.56 Å². The Morgan fingerprint density at radius 2 is 2.13 bits per heavy atom. The Labute approximate surface area is 95.7 Å². The maximum atomic E-state index is 8.96. The molecule has 1 aliphatic rings. The molecule has 2 nitrogen and oxygen atoms in total. The number of aryl methyl sites for hydroxylation is 1. The molecule has 1 unspecified atom stereocenters. The maximum absolute atomic E-state index is 8.96. The van der Waals surface area contributed by atoms with Crippen LogP contribution in [0.25, 0.3) is 0 Å². The molecule has 1 heterocycles. The average molecular weight is 222 g/mol. The lowest BCUT2D eigenvalue weighted by Gasteiger charge is -2.18. The van der Waals surface area contributed by atoms with Crippen molar-refractivity contribution in [2.75, 3.05) is 5.73 Å². The molecule has 0 bridgehead atoms. The summed E-state index contributed by atoms with van der Waals surface area (Å²) in [7, 11) is 0. The SMILES string of the molecule is CC.CC1CCCc2sc(N)c(C#N)c21. The summed E-state index contributed by atoms with van der Waals surface area (Å²) in [5.74, 6) is 0.520. The van der Waals surface area contributed by atoms with Gasteiger partial charge in [-0.1, -0.05) is 20.8 Å². The summed E-state index contributed by atoms with van der Waals surface area (Å²) in [6, 6.07) is 2.22. The van der Waals surface area contributed by atoms with E-state index in [-0.39, 0.29) is 0 Å². The largest absolute Gasteiger partial charge is 0.389 e. The highest BCUT2D eigenvalue weighted by Crippen LogP contribution is 2.41. The Morgan fingerprint density at radius 3 is 2.73 bits per heavy atom. The molecule has 0 saturated heterocycles. The second-order valence-corrected chi connectivity index (χ2v) is 4.72. The molecule has 1 atom stereocenters. The van der Waals surface area contributed by atoms with Crippen LogP contribution in [0.3, 0.4) is 0 Å². The van der Waals surface area contributed by atoms with E-state index >= 15 is 0 Å². The molecule has 0 aliphatic heterocycles. The van der Waals surface area contributed by atoms with E-state index in [1.165, 1.54) is 23.3 Å². The molecule has 1 aromatic rings. The molecule has 2 rings (SSSR count). The van der Waals surface area contributed by atoms with Crippen molar-refractivity contribution in [2.24, 2.45) is 0 Å². The molecular weight excluding hydrogens is 204 g/mol.